The highest BCUT2D eigenvalue weighted by Crippen LogP contribution is 2.31. The molecule has 2 N–H and O–H groups in total. The number of benzene rings is 1. The molecule has 2 rings (SSSR count). The van der Waals surface area contributed by atoms with Gasteiger partial charge in [-0.25, -0.2) is 0 Å². The summed E-state index contributed by atoms with van der Waals surface area (Å²) in [4.78, 5) is 10.9. The van der Waals surface area contributed by atoms with Crippen LogP contribution in [0.1, 0.15) is 5.56 Å². The lowest BCUT2D eigenvalue weighted by Gasteiger charge is -2.02. The fourth-order valence-corrected chi connectivity index (χ4v) is 2.38. The Morgan fingerprint density at radius 1 is 1.56 bits per heavy atom. The molecule has 0 radical (unpaired) electrons. The maximum absolute atomic E-state index is 10.9. The van der Waals surface area contributed by atoms with E-state index in [1.54, 1.807) is 12.1 Å². The lowest BCUT2D eigenvalue weighted by atomic mass is 10.2. The first-order valence-electron chi connectivity index (χ1n) is 4.78. The Hall–Kier alpha value is -1.05. The van der Waals surface area contributed by atoms with Crippen molar-refractivity contribution in [2.24, 2.45) is 10.2 Å². The van der Waals surface area contributed by atoms with Gasteiger partial charge in [-0.15, -0.1) is 5.10 Å². The Morgan fingerprint density at radius 3 is 3.00 bits per heavy atom. The molecule has 1 aromatic rings. The maximum atomic E-state index is 10.9. The number of aromatic hydroxyl groups is 1. The van der Waals surface area contributed by atoms with E-state index in [0.29, 0.717) is 26.0 Å². The number of hydrogen-bond donors (Lipinski definition) is 2. The summed E-state index contributed by atoms with van der Waals surface area (Å²) in [6.45, 7) is 0. The minimum atomic E-state index is -0.0997. The third-order valence-corrected chi connectivity index (χ3v) is 3.87. The molecule has 1 aromatic carbocycles. The van der Waals surface area contributed by atoms with E-state index in [4.69, 9.17) is 11.6 Å². The van der Waals surface area contributed by atoms with Crippen LogP contribution in [-0.2, 0) is 4.79 Å². The zero-order valence-electron chi connectivity index (χ0n) is 8.85. The van der Waals surface area contributed by atoms with E-state index < -0.39 is 0 Å². The monoisotopic (exact) mass is 347 g/mol. The number of carbonyl (C=O) groups excluding carboxylic acids is 1. The van der Waals surface area contributed by atoms with Gasteiger partial charge >= 0.3 is 0 Å². The van der Waals surface area contributed by atoms with Gasteiger partial charge in [-0.1, -0.05) is 23.4 Å². The van der Waals surface area contributed by atoms with Crippen LogP contribution in [0.2, 0.25) is 5.02 Å². The Bertz CT molecular complexity index is 562. The predicted molar refractivity (Wildman–Crippen MR) is 76.4 cm³/mol. The molecule has 0 bridgehead atoms. The summed E-state index contributed by atoms with van der Waals surface area (Å²) in [6, 6.07) is 3.26. The van der Waals surface area contributed by atoms with E-state index >= 15 is 0 Å². The van der Waals surface area contributed by atoms with Crippen molar-refractivity contribution in [1.82, 2.24) is 5.32 Å². The topological polar surface area (TPSA) is 74.0 Å². The first kappa shape index (κ1) is 13.4. The summed E-state index contributed by atoms with van der Waals surface area (Å²) >= 11 is 10.4. The molecule has 0 spiro atoms. The average Bonchev–Trinajstić information content (AvgIpc) is 2.74. The highest BCUT2D eigenvalue weighted by Gasteiger charge is 2.16. The van der Waals surface area contributed by atoms with Crippen LogP contribution in [0, 0.1) is 0 Å². The van der Waals surface area contributed by atoms with Gasteiger partial charge in [0, 0.05) is 0 Å². The quantitative estimate of drug-likeness (QED) is 0.636. The summed E-state index contributed by atoms with van der Waals surface area (Å²) in [7, 11) is 0. The molecule has 1 heterocycles. The highest BCUT2D eigenvalue weighted by atomic mass is 79.9. The summed E-state index contributed by atoms with van der Waals surface area (Å²) in [6.07, 6.45) is 1.33. The molecule has 94 valence electrons. The van der Waals surface area contributed by atoms with E-state index in [0.717, 1.165) is 0 Å². The molecule has 0 aromatic heterocycles. The summed E-state index contributed by atoms with van der Waals surface area (Å²) in [5, 5.41) is 20.7. The van der Waals surface area contributed by atoms with Crippen LogP contribution in [0.3, 0.4) is 0 Å². The van der Waals surface area contributed by atoms with Gasteiger partial charge in [-0.3, -0.25) is 4.79 Å². The van der Waals surface area contributed by atoms with Crippen molar-refractivity contribution in [2.75, 3.05) is 5.75 Å². The number of rotatable bonds is 2. The highest BCUT2D eigenvalue weighted by molar-refractivity contribution is 9.10. The fourth-order valence-electron chi connectivity index (χ4n) is 1.20. The third kappa shape index (κ3) is 3.04. The average molecular weight is 349 g/mol. The van der Waals surface area contributed by atoms with E-state index in [2.05, 4.69) is 31.4 Å². The van der Waals surface area contributed by atoms with Crippen molar-refractivity contribution in [2.45, 2.75) is 0 Å². The SMILES string of the molecule is O=C1CSC(=NN=Cc2c(Cl)ccc(Br)c2O)N1. The zero-order chi connectivity index (χ0) is 13.1. The summed E-state index contributed by atoms with van der Waals surface area (Å²) in [5.41, 5.74) is 0.365. The lowest BCUT2D eigenvalue weighted by Crippen LogP contribution is -2.19. The van der Waals surface area contributed by atoms with Gasteiger partial charge in [-0.2, -0.15) is 5.10 Å². The van der Waals surface area contributed by atoms with E-state index in [-0.39, 0.29) is 11.7 Å². The van der Waals surface area contributed by atoms with Crippen LogP contribution < -0.4 is 5.32 Å². The molecule has 1 aliphatic rings. The van der Waals surface area contributed by atoms with Gasteiger partial charge in [-0.05, 0) is 28.1 Å². The van der Waals surface area contributed by atoms with Crippen molar-refractivity contribution < 1.29 is 9.90 Å². The predicted octanol–water partition coefficient (Wildman–Crippen LogP) is 2.36. The Labute approximate surface area is 120 Å². The summed E-state index contributed by atoms with van der Waals surface area (Å²) < 4.78 is 0.518. The van der Waals surface area contributed by atoms with Crippen molar-refractivity contribution in [3.63, 3.8) is 0 Å². The number of amides is 1. The standard InChI is InChI=1S/C10H7BrClN3O2S/c11-6-1-2-7(12)5(9(6)17)3-13-15-10-14-8(16)4-18-10/h1-3,17H,4H2,(H,14,15,16). The minimum absolute atomic E-state index is 0.00504. The van der Waals surface area contributed by atoms with Gasteiger partial charge < -0.3 is 10.4 Å². The molecule has 1 saturated heterocycles. The second-order valence-corrected chi connectivity index (χ2v) is 5.50. The second kappa shape index (κ2) is 5.73. The second-order valence-electron chi connectivity index (χ2n) is 3.28. The number of halogens is 2. The number of nitrogens with zero attached hydrogens (tertiary/aromatic N) is 2. The molecule has 0 aliphatic carbocycles. The number of thioether (sulfide) groups is 1. The van der Waals surface area contributed by atoms with Crippen LogP contribution in [0.5, 0.6) is 5.75 Å². The molecule has 5 nitrogen and oxygen atoms in total. The van der Waals surface area contributed by atoms with E-state index in [9.17, 15) is 9.90 Å². The van der Waals surface area contributed by atoms with Gasteiger partial charge in [0.15, 0.2) is 5.17 Å². The molecule has 1 fully saturated rings. The van der Waals surface area contributed by atoms with Gasteiger partial charge in [0.1, 0.15) is 5.75 Å². The van der Waals surface area contributed by atoms with Crippen LogP contribution in [0.15, 0.2) is 26.8 Å². The first-order valence-corrected chi connectivity index (χ1v) is 6.94. The minimum Gasteiger partial charge on any atom is -0.506 e. The Balaban J connectivity index is 2.19. The maximum Gasteiger partial charge on any atom is 0.236 e. The van der Waals surface area contributed by atoms with Crippen molar-refractivity contribution >= 4 is 56.6 Å². The molecule has 18 heavy (non-hydrogen) atoms. The van der Waals surface area contributed by atoms with Crippen LogP contribution >= 0.6 is 39.3 Å². The van der Waals surface area contributed by atoms with Crippen molar-refractivity contribution in [3.05, 3.63) is 27.2 Å². The van der Waals surface area contributed by atoms with Crippen LogP contribution in [0.4, 0.5) is 0 Å². The molecular formula is C10H7BrClN3O2S. The first-order chi connectivity index (χ1) is 8.58. The van der Waals surface area contributed by atoms with Crippen LogP contribution in [0.25, 0.3) is 0 Å². The third-order valence-electron chi connectivity index (χ3n) is 2.04. The smallest absolute Gasteiger partial charge is 0.236 e. The molecule has 1 amide bonds. The van der Waals surface area contributed by atoms with Gasteiger partial charge in [0.25, 0.3) is 0 Å². The molecule has 0 unspecified atom stereocenters. The van der Waals surface area contributed by atoms with E-state index in [1.807, 2.05) is 0 Å². The van der Waals surface area contributed by atoms with Crippen molar-refractivity contribution in [1.29, 1.82) is 0 Å². The number of amidine groups is 1. The molecule has 1 aliphatic heterocycles. The summed E-state index contributed by atoms with van der Waals surface area (Å²) in [5.74, 6) is 0.240. The molecule has 0 saturated carbocycles. The molecule has 8 heteroatoms. The Kier molecular flexibility index (Phi) is 4.26. The molecular weight excluding hydrogens is 342 g/mol. The van der Waals surface area contributed by atoms with E-state index in [1.165, 1.54) is 18.0 Å². The number of nitrogens with one attached hydrogen (secondary N) is 1. The van der Waals surface area contributed by atoms with Gasteiger partial charge in [0.2, 0.25) is 5.91 Å². The fraction of sp³-hybridized carbons (Fsp3) is 0.100. The van der Waals surface area contributed by atoms with Gasteiger partial charge in [0.05, 0.1) is 27.0 Å². The number of phenols is 1. The Morgan fingerprint density at radius 2 is 2.33 bits per heavy atom. The van der Waals surface area contributed by atoms with Crippen LogP contribution in [-0.4, -0.2) is 28.1 Å². The number of carbonyl (C=O) groups is 1. The number of phenolic OH excluding ortho intramolecular Hbond substituents is 1. The lowest BCUT2D eigenvalue weighted by molar-refractivity contribution is -0.116. The van der Waals surface area contributed by atoms with Crippen molar-refractivity contribution in [3.8, 4) is 5.75 Å². The zero-order valence-corrected chi connectivity index (χ0v) is 12.0. The largest absolute Gasteiger partial charge is 0.506 e. The number of hydrogen-bond acceptors (Lipinski definition) is 5. The molecule has 0 atom stereocenters. The normalized spacial score (nSPS) is 17.7.